The number of nitrogens with two attached hydrogens (primary N) is 1. The summed E-state index contributed by atoms with van der Waals surface area (Å²) in [5, 5.41) is 1.21. The van der Waals surface area contributed by atoms with Crippen molar-refractivity contribution in [1.82, 2.24) is 0 Å². The fourth-order valence-electron chi connectivity index (χ4n) is 1.79. The molecule has 0 fully saturated rings. The van der Waals surface area contributed by atoms with E-state index in [1.165, 1.54) is 0 Å². The molecule has 1 rings (SSSR count). The van der Waals surface area contributed by atoms with Gasteiger partial charge in [0.15, 0.2) is 0 Å². The second-order valence-electron chi connectivity index (χ2n) is 4.14. The first-order valence-corrected chi connectivity index (χ1v) is 6.61. The number of hydrogen-bond acceptors (Lipinski definition) is 2. The number of aryl methyl sites for hydroxylation is 1. The maximum atomic E-state index is 6.07. The van der Waals surface area contributed by atoms with E-state index in [2.05, 4.69) is 6.92 Å². The van der Waals surface area contributed by atoms with Gasteiger partial charge in [-0.2, -0.15) is 0 Å². The fourth-order valence-corrected chi connectivity index (χ4v) is 2.40. The maximum absolute atomic E-state index is 6.07. The minimum absolute atomic E-state index is 0.274. The highest BCUT2D eigenvalue weighted by Crippen LogP contribution is 2.33. The van der Waals surface area contributed by atoms with Crippen LogP contribution in [-0.4, -0.2) is 13.2 Å². The summed E-state index contributed by atoms with van der Waals surface area (Å²) in [5.41, 5.74) is 6.93. The van der Waals surface area contributed by atoms with Crippen molar-refractivity contribution >= 4 is 23.2 Å². The minimum atomic E-state index is 0.274. The Morgan fingerprint density at radius 2 is 2.06 bits per heavy atom. The Labute approximate surface area is 113 Å². The number of hydrogen-bond donors (Lipinski definition) is 1. The van der Waals surface area contributed by atoms with Crippen molar-refractivity contribution in [2.24, 2.45) is 5.73 Å². The van der Waals surface area contributed by atoms with Crippen LogP contribution in [0.15, 0.2) is 12.1 Å². The molecule has 0 radical (unpaired) electrons. The minimum Gasteiger partial charge on any atom is -0.495 e. The third-order valence-electron chi connectivity index (χ3n) is 2.83. The molecule has 1 unspecified atom stereocenters. The van der Waals surface area contributed by atoms with E-state index < -0.39 is 0 Å². The molecule has 0 aromatic heterocycles. The Kier molecular flexibility index (Phi) is 6.10. The Morgan fingerprint density at radius 3 is 2.65 bits per heavy atom. The SMILES string of the molecule is CCC(N)CCCc1cc(Cl)cc(Cl)c1OC. The molecule has 0 bridgehead atoms. The molecule has 96 valence electrons. The van der Waals surface area contributed by atoms with E-state index in [-0.39, 0.29) is 6.04 Å². The van der Waals surface area contributed by atoms with Gasteiger partial charge in [0.05, 0.1) is 12.1 Å². The molecule has 1 aromatic carbocycles. The van der Waals surface area contributed by atoms with Gasteiger partial charge in [0.25, 0.3) is 0 Å². The molecule has 2 nitrogen and oxygen atoms in total. The maximum Gasteiger partial charge on any atom is 0.140 e. The highest BCUT2D eigenvalue weighted by atomic mass is 35.5. The molecule has 0 saturated heterocycles. The van der Waals surface area contributed by atoms with Crippen LogP contribution in [0.25, 0.3) is 0 Å². The van der Waals surface area contributed by atoms with E-state index >= 15 is 0 Å². The monoisotopic (exact) mass is 275 g/mol. The van der Waals surface area contributed by atoms with Crippen LogP contribution in [0.5, 0.6) is 5.75 Å². The molecule has 1 atom stereocenters. The predicted molar refractivity (Wildman–Crippen MR) is 74.2 cm³/mol. The van der Waals surface area contributed by atoms with Crippen molar-refractivity contribution in [3.05, 3.63) is 27.7 Å². The van der Waals surface area contributed by atoms with Crippen molar-refractivity contribution in [3.63, 3.8) is 0 Å². The van der Waals surface area contributed by atoms with E-state index in [0.29, 0.717) is 10.0 Å². The van der Waals surface area contributed by atoms with Crippen molar-refractivity contribution < 1.29 is 4.74 Å². The van der Waals surface area contributed by atoms with Crippen LogP contribution in [0.1, 0.15) is 31.7 Å². The summed E-state index contributed by atoms with van der Waals surface area (Å²) in [7, 11) is 1.62. The Bertz CT molecular complexity index is 369. The number of rotatable bonds is 6. The topological polar surface area (TPSA) is 35.2 Å². The number of benzene rings is 1. The van der Waals surface area contributed by atoms with E-state index in [9.17, 15) is 0 Å². The number of ether oxygens (including phenoxy) is 1. The van der Waals surface area contributed by atoms with Gasteiger partial charge in [0.2, 0.25) is 0 Å². The number of halogens is 2. The standard InChI is InChI=1S/C13H19Cl2NO/c1-3-11(16)6-4-5-9-7-10(14)8-12(15)13(9)17-2/h7-8,11H,3-6,16H2,1-2H3. The molecule has 2 N–H and O–H groups in total. The lowest BCUT2D eigenvalue weighted by Gasteiger charge is -2.12. The summed E-state index contributed by atoms with van der Waals surface area (Å²) in [6.07, 6.45) is 3.91. The average molecular weight is 276 g/mol. The van der Waals surface area contributed by atoms with Crippen LogP contribution in [-0.2, 0) is 6.42 Å². The fraction of sp³-hybridized carbons (Fsp3) is 0.538. The first-order valence-electron chi connectivity index (χ1n) is 5.86. The summed E-state index contributed by atoms with van der Waals surface area (Å²) in [5.74, 6) is 0.723. The van der Waals surface area contributed by atoms with Crippen molar-refractivity contribution in [2.75, 3.05) is 7.11 Å². The van der Waals surface area contributed by atoms with E-state index in [0.717, 1.165) is 37.0 Å². The second kappa shape index (κ2) is 7.10. The van der Waals surface area contributed by atoms with E-state index in [4.69, 9.17) is 33.7 Å². The van der Waals surface area contributed by atoms with Crippen molar-refractivity contribution in [1.29, 1.82) is 0 Å². The first kappa shape index (κ1) is 14.6. The summed E-state index contributed by atoms with van der Waals surface area (Å²) in [6, 6.07) is 3.88. The van der Waals surface area contributed by atoms with Crippen LogP contribution in [0.4, 0.5) is 0 Å². The largest absolute Gasteiger partial charge is 0.495 e. The van der Waals surface area contributed by atoms with Gasteiger partial charge in [-0.05, 0) is 43.4 Å². The zero-order valence-corrected chi connectivity index (χ0v) is 11.8. The van der Waals surface area contributed by atoms with Gasteiger partial charge >= 0.3 is 0 Å². The van der Waals surface area contributed by atoms with Gasteiger partial charge in [0, 0.05) is 11.1 Å². The quantitative estimate of drug-likeness (QED) is 0.850. The van der Waals surface area contributed by atoms with Crippen molar-refractivity contribution in [3.8, 4) is 5.75 Å². The lowest BCUT2D eigenvalue weighted by Crippen LogP contribution is -2.18. The molecule has 0 aliphatic heterocycles. The molecule has 0 spiro atoms. The highest BCUT2D eigenvalue weighted by molar-refractivity contribution is 6.35. The molecular weight excluding hydrogens is 257 g/mol. The van der Waals surface area contributed by atoms with Gasteiger partial charge in [-0.15, -0.1) is 0 Å². The summed E-state index contributed by atoms with van der Waals surface area (Å²) < 4.78 is 5.29. The molecule has 0 amide bonds. The normalized spacial score (nSPS) is 12.5. The van der Waals surface area contributed by atoms with E-state index in [1.54, 1.807) is 13.2 Å². The third kappa shape index (κ3) is 4.38. The summed E-state index contributed by atoms with van der Waals surface area (Å²) >= 11 is 12.1. The van der Waals surface area contributed by atoms with Crippen LogP contribution in [0.3, 0.4) is 0 Å². The molecule has 0 heterocycles. The lowest BCUT2D eigenvalue weighted by molar-refractivity contribution is 0.408. The molecule has 17 heavy (non-hydrogen) atoms. The van der Waals surface area contributed by atoms with Gasteiger partial charge in [-0.3, -0.25) is 0 Å². The molecular formula is C13H19Cl2NO. The number of methoxy groups -OCH3 is 1. The summed E-state index contributed by atoms with van der Waals surface area (Å²) in [4.78, 5) is 0. The average Bonchev–Trinajstić information content (AvgIpc) is 2.28. The molecule has 0 saturated carbocycles. The Morgan fingerprint density at radius 1 is 1.35 bits per heavy atom. The smallest absolute Gasteiger partial charge is 0.140 e. The predicted octanol–water partition coefficient (Wildman–Crippen LogP) is 4.06. The summed E-state index contributed by atoms with van der Waals surface area (Å²) in [6.45, 7) is 2.10. The molecule has 4 heteroatoms. The van der Waals surface area contributed by atoms with Gasteiger partial charge in [-0.25, -0.2) is 0 Å². The van der Waals surface area contributed by atoms with Crippen LogP contribution in [0.2, 0.25) is 10.0 Å². The van der Waals surface area contributed by atoms with Crippen molar-refractivity contribution in [2.45, 2.75) is 38.6 Å². The molecule has 1 aromatic rings. The lowest BCUT2D eigenvalue weighted by atomic mass is 10.0. The zero-order valence-electron chi connectivity index (χ0n) is 10.3. The van der Waals surface area contributed by atoms with Gasteiger partial charge in [-0.1, -0.05) is 30.1 Å². The van der Waals surface area contributed by atoms with Crippen LogP contribution < -0.4 is 10.5 Å². The van der Waals surface area contributed by atoms with E-state index in [1.807, 2.05) is 6.07 Å². The van der Waals surface area contributed by atoms with Gasteiger partial charge < -0.3 is 10.5 Å². The van der Waals surface area contributed by atoms with Gasteiger partial charge in [0.1, 0.15) is 5.75 Å². The van der Waals surface area contributed by atoms with Crippen LogP contribution in [0, 0.1) is 0 Å². The second-order valence-corrected chi connectivity index (χ2v) is 4.98. The Balaban J connectivity index is 2.69. The highest BCUT2D eigenvalue weighted by Gasteiger charge is 2.10. The van der Waals surface area contributed by atoms with Crippen LogP contribution >= 0.6 is 23.2 Å². The zero-order chi connectivity index (χ0) is 12.8. The Hall–Kier alpha value is -0.440. The molecule has 0 aliphatic carbocycles. The third-order valence-corrected chi connectivity index (χ3v) is 3.33. The first-order chi connectivity index (χ1) is 8.08. The molecule has 0 aliphatic rings.